The Morgan fingerprint density at radius 1 is 1.35 bits per heavy atom. The molecule has 8 heteroatoms. The van der Waals surface area contributed by atoms with Crippen molar-refractivity contribution in [3.63, 3.8) is 0 Å². The Labute approximate surface area is 150 Å². The summed E-state index contributed by atoms with van der Waals surface area (Å²) in [7, 11) is 2.74. The molecule has 1 fully saturated rings. The van der Waals surface area contributed by atoms with Gasteiger partial charge in [-0.3, -0.25) is 24.1 Å². The summed E-state index contributed by atoms with van der Waals surface area (Å²) in [6.45, 7) is 1.56. The molecule has 0 bridgehead atoms. The van der Waals surface area contributed by atoms with Crippen LogP contribution < -0.4 is 0 Å². The van der Waals surface area contributed by atoms with E-state index in [2.05, 4.69) is 0 Å². The van der Waals surface area contributed by atoms with E-state index in [1.54, 1.807) is 6.92 Å². The number of likely N-dealkylation sites (tertiary alicyclic amines) is 1. The van der Waals surface area contributed by atoms with Crippen molar-refractivity contribution >= 4 is 23.7 Å². The van der Waals surface area contributed by atoms with Gasteiger partial charge in [0.1, 0.15) is 12.4 Å². The van der Waals surface area contributed by atoms with Crippen LogP contribution in [-0.4, -0.2) is 60.7 Å². The predicted octanol–water partition coefficient (Wildman–Crippen LogP) is 0.864. The Balaban J connectivity index is 2.32. The molecule has 2 rings (SSSR count). The second kappa shape index (κ2) is 7.63. The molecule has 0 aliphatic carbocycles. The average Bonchev–Trinajstić information content (AvgIpc) is 2.80. The van der Waals surface area contributed by atoms with Crippen LogP contribution in [0.4, 0.5) is 4.39 Å². The SMILES string of the molecule is CCOC(=O)CN(C)C(=O)CC1(c2cccc(F)c2)CC(=O)N(C)C1=O. The lowest BCUT2D eigenvalue weighted by Gasteiger charge is -2.28. The average molecular weight is 364 g/mol. The van der Waals surface area contributed by atoms with E-state index in [0.717, 1.165) is 15.9 Å². The van der Waals surface area contributed by atoms with E-state index in [1.807, 2.05) is 0 Å². The molecule has 0 saturated carbocycles. The van der Waals surface area contributed by atoms with Crippen molar-refractivity contribution in [2.45, 2.75) is 25.2 Å². The van der Waals surface area contributed by atoms with Gasteiger partial charge in [-0.15, -0.1) is 0 Å². The molecule has 1 aromatic rings. The lowest BCUT2D eigenvalue weighted by atomic mass is 9.75. The molecule has 0 aromatic heterocycles. The maximum atomic E-state index is 13.7. The number of carbonyl (C=O) groups is 4. The molecule has 1 heterocycles. The minimum absolute atomic E-state index is 0.186. The molecular weight excluding hydrogens is 343 g/mol. The molecule has 1 aromatic carbocycles. The zero-order valence-corrected chi connectivity index (χ0v) is 15.0. The third kappa shape index (κ3) is 3.74. The minimum atomic E-state index is -1.48. The summed E-state index contributed by atoms with van der Waals surface area (Å²) in [5.74, 6) is -2.66. The van der Waals surface area contributed by atoms with E-state index in [9.17, 15) is 23.6 Å². The maximum absolute atomic E-state index is 13.7. The largest absolute Gasteiger partial charge is 0.465 e. The molecule has 0 spiro atoms. The number of nitrogens with zero attached hydrogens (tertiary/aromatic N) is 2. The lowest BCUT2D eigenvalue weighted by Crippen LogP contribution is -2.43. The minimum Gasteiger partial charge on any atom is -0.465 e. The van der Waals surface area contributed by atoms with Crippen LogP contribution in [0, 0.1) is 5.82 Å². The van der Waals surface area contributed by atoms with Crippen molar-refractivity contribution in [1.82, 2.24) is 9.80 Å². The number of ether oxygens (including phenoxy) is 1. The Bertz CT molecular complexity index is 751. The van der Waals surface area contributed by atoms with E-state index < -0.39 is 34.9 Å². The van der Waals surface area contributed by atoms with Crippen LogP contribution in [-0.2, 0) is 29.3 Å². The van der Waals surface area contributed by atoms with Gasteiger partial charge in [-0.05, 0) is 24.6 Å². The van der Waals surface area contributed by atoms with Crippen molar-refractivity contribution in [2.24, 2.45) is 0 Å². The molecular formula is C18H21FN2O5. The number of halogens is 1. The van der Waals surface area contributed by atoms with Crippen molar-refractivity contribution < 1.29 is 28.3 Å². The second-order valence-corrected chi connectivity index (χ2v) is 6.26. The molecule has 1 aliphatic rings. The highest BCUT2D eigenvalue weighted by molar-refractivity contribution is 6.10. The quantitative estimate of drug-likeness (QED) is 0.552. The number of hydrogen-bond donors (Lipinski definition) is 0. The number of esters is 1. The van der Waals surface area contributed by atoms with Crippen LogP contribution in [0.3, 0.4) is 0 Å². The van der Waals surface area contributed by atoms with Gasteiger partial charge in [0.15, 0.2) is 0 Å². The molecule has 1 aliphatic heterocycles. The predicted molar refractivity (Wildman–Crippen MR) is 89.4 cm³/mol. The van der Waals surface area contributed by atoms with E-state index in [4.69, 9.17) is 4.74 Å². The Hall–Kier alpha value is -2.77. The van der Waals surface area contributed by atoms with Gasteiger partial charge < -0.3 is 9.64 Å². The summed E-state index contributed by atoms with van der Waals surface area (Å²) < 4.78 is 18.5. The highest BCUT2D eigenvalue weighted by Gasteiger charge is 2.53. The summed E-state index contributed by atoms with van der Waals surface area (Å²) in [6, 6.07) is 5.32. The fraction of sp³-hybridized carbons (Fsp3) is 0.444. The van der Waals surface area contributed by atoms with Crippen molar-refractivity contribution in [3.8, 4) is 0 Å². The highest BCUT2D eigenvalue weighted by atomic mass is 19.1. The Morgan fingerprint density at radius 3 is 2.58 bits per heavy atom. The highest BCUT2D eigenvalue weighted by Crippen LogP contribution is 2.39. The van der Waals surface area contributed by atoms with Gasteiger partial charge in [0.2, 0.25) is 17.7 Å². The van der Waals surface area contributed by atoms with Crippen LogP contribution in [0.15, 0.2) is 24.3 Å². The topological polar surface area (TPSA) is 84.0 Å². The van der Waals surface area contributed by atoms with Gasteiger partial charge in [-0.1, -0.05) is 12.1 Å². The number of benzene rings is 1. The monoisotopic (exact) mass is 364 g/mol. The first kappa shape index (κ1) is 19.6. The van der Waals surface area contributed by atoms with Gasteiger partial charge in [-0.2, -0.15) is 0 Å². The third-order valence-electron chi connectivity index (χ3n) is 4.47. The fourth-order valence-electron chi connectivity index (χ4n) is 3.02. The zero-order valence-electron chi connectivity index (χ0n) is 15.0. The van der Waals surface area contributed by atoms with E-state index in [-0.39, 0.29) is 31.6 Å². The third-order valence-corrected chi connectivity index (χ3v) is 4.47. The molecule has 1 unspecified atom stereocenters. The van der Waals surface area contributed by atoms with Crippen molar-refractivity contribution in [3.05, 3.63) is 35.6 Å². The van der Waals surface area contributed by atoms with Crippen molar-refractivity contribution in [2.75, 3.05) is 27.2 Å². The summed E-state index contributed by atoms with van der Waals surface area (Å²) >= 11 is 0. The molecule has 7 nitrogen and oxygen atoms in total. The molecule has 26 heavy (non-hydrogen) atoms. The summed E-state index contributed by atoms with van der Waals surface area (Å²) in [6.07, 6.45) is -0.577. The normalized spacial score (nSPS) is 19.6. The van der Waals surface area contributed by atoms with Crippen LogP contribution in [0.1, 0.15) is 25.3 Å². The maximum Gasteiger partial charge on any atom is 0.325 e. The van der Waals surface area contributed by atoms with Gasteiger partial charge in [0.25, 0.3) is 0 Å². The molecule has 0 N–H and O–H groups in total. The van der Waals surface area contributed by atoms with Gasteiger partial charge >= 0.3 is 5.97 Å². The Morgan fingerprint density at radius 2 is 2.04 bits per heavy atom. The standard InChI is InChI=1S/C18H21FN2O5/c1-4-26-16(24)11-20(2)14(22)9-18(10-15(23)21(3)17(18)25)12-6-5-7-13(19)8-12/h5-8H,4,9-11H2,1-3H3. The second-order valence-electron chi connectivity index (χ2n) is 6.26. The summed E-state index contributed by atoms with van der Waals surface area (Å²) in [4.78, 5) is 51.1. The van der Waals surface area contributed by atoms with Crippen LogP contribution in [0.25, 0.3) is 0 Å². The number of likely N-dealkylation sites (N-methyl/N-ethyl adjacent to an activating group) is 2. The zero-order chi connectivity index (χ0) is 19.5. The molecule has 1 saturated heterocycles. The lowest BCUT2D eigenvalue weighted by molar-refractivity contribution is -0.148. The first-order valence-electron chi connectivity index (χ1n) is 8.18. The molecule has 0 radical (unpaired) electrons. The van der Waals surface area contributed by atoms with Crippen LogP contribution >= 0.6 is 0 Å². The van der Waals surface area contributed by atoms with E-state index in [0.29, 0.717) is 0 Å². The number of hydrogen-bond acceptors (Lipinski definition) is 5. The number of imide groups is 1. The molecule has 1 atom stereocenters. The van der Waals surface area contributed by atoms with Crippen LogP contribution in [0.2, 0.25) is 0 Å². The number of rotatable bonds is 6. The van der Waals surface area contributed by atoms with Gasteiger partial charge in [0, 0.05) is 26.9 Å². The van der Waals surface area contributed by atoms with Gasteiger partial charge in [0.05, 0.1) is 12.0 Å². The first-order chi connectivity index (χ1) is 12.2. The fourth-order valence-corrected chi connectivity index (χ4v) is 3.02. The molecule has 3 amide bonds. The summed E-state index contributed by atoms with van der Waals surface area (Å²) in [5.41, 5.74) is -1.22. The molecule has 140 valence electrons. The first-order valence-corrected chi connectivity index (χ1v) is 8.18. The van der Waals surface area contributed by atoms with Crippen molar-refractivity contribution in [1.29, 1.82) is 0 Å². The smallest absolute Gasteiger partial charge is 0.325 e. The van der Waals surface area contributed by atoms with Crippen LogP contribution in [0.5, 0.6) is 0 Å². The summed E-state index contributed by atoms with van der Waals surface area (Å²) in [5, 5.41) is 0. The Kier molecular flexibility index (Phi) is 5.74. The number of amides is 3. The number of carbonyl (C=O) groups excluding carboxylic acids is 4. The van der Waals surface area contributed by atoms with E-state index in [1.165, 1.54) is 32.3 Å². The van der Waals surface area contributed by atoms with E-state index >= 15 is 0 Å². The van der Waals surface area contributed by atoms with Gasteiger partial charge in [-0.25, -0.2) is 4.39 Å².